The smallest absolute Gasteiger partial charge is 0.241 e. The summed E-state index contributed by atoms with van der Waals surface area (Å²) < 4.78 is 6.13. The molecule has 5 nitrogen and oxygen atoms in total. The van der Waals surface area contributed by atoms with E-state index in [0.29, 0.717) is 11.4 Å². The van der Waals surface area contributed by atoms with Crippen LogP contribution in [0.1, 0.15) is 11.8 Å². The lowest BCUT2D eigenvalue weighted by Crippen LogP contribution is -2.52. The van der Waals surface area contributed by atoms with Gasteiger partial charge in [-0.25, -0.2) is 0 Å². The van der Waals surface area contributed by atoms with Crippen LogP contribution in [0.15, 0.2) is 36.4 Å². The predicted molar refractivity (Wildman–Crippen MR) is 107 cm³/mol. The minimum atomic E-state index is -0.182. The van der Waals surface area contributed by atoms with Gasteiger partial charge in [0, 0.05) is 37.6 Å². The monoisotopic (exact) mass is 393 g/mol. The summed E-state index contributed by atoms with van der Waals surface area (Å²) in [6.45, 7) is 6.52. The van der Waals surface area contributed by atoms with E-state index in [4.69, 9.17) is 16.3 Å². The van der Waals surface area contributed by atoms with Crippen LogP contribution in [0.5, 0.6) is 5.75 Å². The largest absolute Gasteiger partial charge is 0.495 e. The molecule has 0 radical (unpaired) electrons. The summed E-state index contributed by atoms with van der Waals surface area (Å²) >= 11 is 7.64. The standard InChI is InChI=1S/C19H24ClN3O2S/c1-14(19(24)21-16-5-3-4-6-17(16)25-2)23-11-9-22(10-12-23)13-15-7-8-18(20)26-15/h3-8,14H,9-13H2,1-2H3,(H,21,24)/t14-/m0/s1. The number of nitrogens with zero attached hydrogens (tertiary/aromatic N) is 2. The lowest BCUT2D eigenvalue weighted by atomic mass is 10.2. The number of halogens is 1. The van der Waals surface area contributed by atoms with Gasteiger partial charge in [0.2, 0.25) is 5.91 Å². The van der Waals surface area contributed by atoms with Crippen LogP contribution in [0, 0.1) is 0 Å². The van der Waals surface area contributed by atoms with Gasteiger partial charge in [0.1, 0.15) is 5.75 Å². The Morgan fingerprint density at radius 3 is 2.62 bits per heavy atom. The fourth-order valence-electron chi connectivity index (χ4n) is 3.12. The van der Waals surface area contributed by atoms with Gasteiger partial charge in [0.05, 0.1) is 23.2 Å². The molecule has 140 valence electrons. The van der Waals surface area contributed by atoms with Crippen LogP contribution in [0.2, 0.25) is 4.34 Å². The highest BCUT2D eigenvalue weighted by atomic mass is 35.5. The van der Waals surface area contributed by atoms with E-state index in [1.165, 1.54) is 4.88 Å². The SMILES string of the molecule is COc1ccccc1NC(=O)[C@H](C)N1CCN(Cc2ccc(Cl)s2)CC1. The highest BCUT2D eigenvalue weighted by molar-refractivity contribution is 7.16. The summed E-state index contributed by atoms with van der Waals surface area (Å²) in [5.41, 5.74) is 0.708. The van der Waals surface area contributed by atoms with Gasteiger partial charge in [-0.3, -0.25) is 14.6 Å². The minimum Gasteiger partial charge on any atom is -0.495 e. The predicted octanol–water partition coefficient (Wildman–Crippen LogP) is 3.55. The second-order valence-corrected chi connectivity index (χ2v) is 8.18. The number of para-hydroxylation sites is 2. The summed E-state index contributed by atoms with van der Waals surface area (Å²) in [5, 5.41) is 2.98. The number of hydrogen-bond donors (Lipinski definition) is 1. The third kappa shape index (κ3) is 4.76. The Hall–Kier alpha value is -1.60. The molecule has 26 heavy (non-hydrogen) atoms. The van der Waals surface area contributed by atoms with Gasteiger partial charge in [-0.1, -0.05) is 23.7 Å². The Labute approximate surface area is 163 Å². The molecule has 1 aromatic heterocycles. The molecule has 1 saturated heterocycles. The molecule has 7 heteroatoms. The molecule has 0 bridgehead atoms. The molecule has 1 fully saturated rings. The average Bonchev–Trinajstić information content (AvgIpc) is 3.07. The highest BCUT2D eigenvalue weighted by Crippen LogP contribution is 2.25. The second kappa shape index (κ2) is 8.86. The Morgan fingerprint density at radius 2 is 1.96 bits per heavy atom. The van der Waals surface area contributed by atoms with Crippen molar-refractivity contribution < 1.29 is 9.53 Å². The number of hydrogen-bond acceptors (Lipinski definition) is 5. The molecule has 1 aliphatic rings. The van der Waals surface area contributed by atoms with E-state index in [1.54, 1.807) is 18.4 Å². The van der Waals surface area contributed by atoms with Crippen molar-refractivity contribution in [2.75, 3.05) is 38.6 Å². The molecule has 2 aromatic rings. The van der Waals surface area contributed by atoms with E-state index in [0.717, 1.165) is 37.1 Å². The van der Waals surface area contributed by atoms with Gasteiger partial charge in [0.15, 0.2) is 0 Å². The van der Waals surface area contributed by atoms with Gasteiger partial charge in [-0.05, 0) is 31.2 Å². The molecule has 1 atom stereocenters. The van der Waals surface area contributed by atoms with Crippen LogP contribution < -0.4 is 10.1 Å². The van der Waals surface area contributed by atoms with Crippen molar-refractivity contribution in [1.82, 2.24) is 9.80 Å². The molecular weight excluding hydrogens is 370 g/mol. The minimum absolute atomic E-state index is 0.00649. The molecular formula is C19H24ClN3O2S. The van der Waals surface area contributed by atoms with Crippen LogP contribution in [-0.4, -0.2) is 55.0 Å². The first kappa shape index (κ1) is 19.2. The van der Waals surface area contributed by atoms with Gasteiger partial charge >= 0.3 is 0 Å². The third-order valence-corrected chi connectivity index (χ3v) is 5.92. The number of carbonyl (C=O) groups excluding carboxylic acids is 1. The van der Waals surface area contributed by atoms with Crippen LogP contribution in [-0.2, 0) is 11.3 Å². The van der Waals surface area contributed by atoms with E-state index in [1.807, 2.05) is 37.3 Å². The number of piperazine rings is 1. The topological polar surface area (TPSA) is 44.8 Å². The zero-order chi connectivity index (χ0) is 18.5. The van der Waals surface area contributed by atoms with Crippen molar-refractivity contribution in [1.29, 1.82) is 0 Å². The number of benzene rings is 1. The number of anilines is 1. The fraction of sp³-hybridized carbons (Fsp3) is 0.421. The maximum absolute atomic E-state index is 12.6. The van der Waals surface area contributed by atoms with Gasteiger partial charge < -0.3 is 10.1 Å². The van der Waals surface area contributed by atoms with Crippen molar-refractivity contribution in [2.24, 2.45) is 0 Å². The number of ether oxygens (including phenoxy) is 1. The number of carbonyl (C=O) groups is 1. The zero-order valence-electron chi connectivity index (χ0n) is 15.1. The van der Waals surface area contributed by atoms with Gasteiger partial charge in [-0.2, -0.15) is 0 Å². The van der Waals surface area contributed by atoms with Crippen molar-refractivity contribution >= 4 is 34.5 Å². The Kier molecular flexibility index (Phi) is 6.53. The van der Waals surface area contributed by atoms with E-state index in [9.17, 15) is 4.79 Å². The maximum atomic E-state index is 12.6. The van der Waals surface area contributed by atoms with Crippen molar-refractivity contribution in [3.8, 4) is 5.75 Å². The van der Waals surface area contributed by atoms with E-state index < -0.39 is 0 Å². The summed E-state index contributed by atoms with van der Waals surface area (Å²) in [5.74, 6) is 0.667. The summed E-state index contributed by atoms with van der Waals surface area (Å²) in [6, 6.07) is 11.3. The molecule has 1 N–H and O–H groups in total. The molecule has 1 aliphatic heterocycles. The van der Waals surface area contributed by atoms with Crippen molar-refractivity contribution in [3.05, 3.63) is 45.6 Å². The maximum Gasteiger partial charge on any atom is 0.241 e. The van der Waals surface area contributed by atoms with E-state index in [2.05, 4.69) is 21.2 Å². The van der Waals surface area contributed by atoms with Crippen molar-refractivity contribution in [2.45, 2.75) is 19.5 Å². The highest BCUT2D eigenvalue weighted by Gasteiger charge is 2.26. The first-order valence-electron chi connectivity index (χ1n) is 8.71. The number of methoxy groups -OCH3 is 1. The first-order valence-corrected chi connectivity index (χ1v) is 9.91. The summed E-state index contributed by atoms with van der Waals surface area (Å²) in [4.78, 5) is 18.5. The number of rotatable bonds is 6. The van der Waals surface area contributed by atoms with Gasteiger partial charge in [-0.15, -0.1) is 11.3 Å². The first-order chi connectivity index (χ1) is 12.6. The normalized spacial score (nSPS) is 17.0. The molecule has 1 aromatic carbocycles. The molecule has 0 aliphatic carbocycles. The zero-order valence-corrected chi connectivity index (χ0v) is 16.6. The quantitative estimate of drug-likeness (QED) is 0.815. The summed E-state index contributed by atoms with van der Waals surface area (Å²) in [6.07, 6.45) is 0. The van der Waals surface area contributed by atoms with Crippen LogP contribution in [0.3, 0.4) is 0 Å². The Balaban J connectivity index is 1.51. The average molecular weight is 394 g/mol. The number of amides is 1. The molecule has 2 heterocycles. The van der Waals surface area contributed by atoms with Crippen LogP contribution >= 0.6 is 22.9 Å². The fourth-order valence-corrected chi connectivity index (χ4v) is 4.25. The second-order valence-electron chi connectivity index (χ2n) is 6.38. The molecule has 0 saturated carbocycles. The lowest BCUT2D eigenvalue weighted by Gasteiger charge is -2.37. The third-order valence-electron chi connectivity index (χ3n) is 4.71. The van der Waals surface area contributed by atoms with Crippen molar-refractivity contribution in [3.63, 3.8) is 0 Å². The number of nitrogens with one attached hydrogen (secondary N) is 1. The van der Waals surface area contributed by atoms with Gasteiger partial charge in [0.25, 0.3) is 0 Å². The summed E-state index contributed by atoms with van der Waals surface area (Å²) in [7, 11) is 1.61. The Bertz CT molecular complexity index is 744. The Morgan fingerprint density at radius 1 is 1.23 bits per heavy atom. The lowest BCUT2D eigenvalue weighted by molar-refractivity contribution is -0.121. The van der Waals surface area contributed by atoms with Crippen LogP contribution in [0.25, 0.3) is 0 Å². The molecule has 3 rings (SSSR count). The molecule has 1 amide bonds. The van der Waals surface area contributed by atoms with E-state index in [-0.39, 0.29) is 11.9 Å². The number of thiophene rings is 1. The van der Waals surface area contributed by atoms with Crippen LogP contribution in [0.4, 0.5) is 5.69 Å². The molecule has 0 spiro atoms. The molecule has 0 unspecified atom stereocenters. The van der Waals surface area contributed by atoms with E-state index >= 15 is 0 Å².